The van der Waals surface area contributed by atoms with Crippen LogP contribution in [0, 0.1) is 13.8 Å². The summed E-state index contributed by atoms with van der Waals surface area (Å²) < 4.78 is 10.9. The molecular formula is C20H22N4O2. The molecule has 0 radical (unpaired) electrons. The fourth-order valence-electron chi connectivity index (χ4n) is 2.70. The van der Waals surface area contributed by atoms with Gasteiger partial charge in [-0.1, -0.05) is 12.1 Å². The minimum Gasteiger partial charge on any atom is -0.493 e. The lowest BCUT2D eigenvalue weighted by atomic mass is 10.1. The number of hydrogen-bond acceptors (Lipinski definition) is 6. The fraction of sp³-hybridized carbons (Fsp3) is 0.250. The number of para-hydroxylation sites is 1. The predicted molar refractivity (Wildman–Crippen MR) is 102 cm³/mol. The molecule has 1 N–H and O–H groups in total. The van der Waals surface area contributed by atoms with Gasteiger partial charge in [-0.25, -0.2) is 9.97 Å². The van der Waals surface area contributed by atoms with Gasteiger partial charge in [-0.3, -0.25) is 4.98 Å². The highest BCUT2D eigenvalue weighted by molar-refractivity contribution is 5.59. The Bertz CT molecular complexity index is 898. The molecule has 0 aliphatic heterocycles. The van der Waals surface area contributed by atoms with Crippen molar-refractivity contribution in [3.63, 3.8) is 0 Å². The lowest BCUT2D eigenvalue weighted by Gasteiger charge is -2.15. The summed E-state index contributed by atoms with van der Waals surface area (Å²) in [6.45, 7) is 4.55. The molecule has 2 aromatic heterocycles. The summed E-state index contributed by atoms with van der Waals surface area (Å²) in [6, 6.07) is 9.65. The average Bonchev–Trinajstić information content (AvgIpc) is 2.69. The molecule has 0 aliphatic rings. The van der Waals surface area contributed by atoms with Gasteiger partial charge >= 0.3 is 0 Å². The van der Waals surface area contributed by atoms with Crippen molar-refractivity contribution in [3.8, 4) is 22.9 Å². The van der Waals surface area contributed by atoms with Gasteiger partial charge in [0.2, 0.25) is 0 Å². The molecule has 2 heterocycles. The summed E-state index contributed by atoms with van der Waals surface area (Å²) >= 11 is 0. The number of aryl methyl sites for hydroxylation is 1. The Hall–Kier alpha value is -3.15. The number of methoxy groups -OCH3 is 2. The van der Waals surface area contributed by atoms with E-state index in [4.69, 9.17) is 9.47 Å². The van der Waals surface area contributed by atoms with Crippen LogP contribution in [-0.2, 0) is 6.54 Å². The maximum absolute atomic E-state index is 5.50. The Morgan fingerprint density at radius 3 is 2.54 bits per heavy atom. The van der Waals surface area contributed by atoms with Crippen LogP contribution in [-0.4, -0.2) is 29.2 Å². The van der Waals surface area contributed by atoms with Crippen LogP contribution in [0.2, 0.25) is 0 Å². The first-order chi connectivity index (χ1) is 12.6. The van der Waals surface area contributed by atoms with Crippen LogP contribution >= 0.6 is 0 Å². The molecule has 6 heteroatoms. The van der Waals surface area contributed by atoms with Crippen LogP contribution < -0.4 is 14.8 Å². The van der Waals surface area contributed by atoms with Crippen molar-refractivity contribution in [1.82, 2.24) is 15.0 Å². The molecular weight excluding hydrogens is 328 g/mol. The first kappa shape index (κ1) is 17.7. The number of anilines is 1. The minimum absolute atomic E-state index is 0.560. The Morgan fingerprint density at radius 2 is 1.85 bits per heavy atom. The third kappa shape index (κ3) is 3.59. The van der Waals surface area contributed by atoms with Gasteiger partial charge < -0.3 is 14.8 Å². The number of nitrogens with zero attached hydrogens (tertiary/aromatic N) is 3. The molecule has 6 nitrogen and oxygen atoms in total. The SMILES string of the molecule is COc1cccc(CNc2nc(-c3cccnc3)nc(C)c2C)c1OC. The minimum atomic E-state index is 0.560. The zero-order chi connectivity index (χ0) is 18.5. The molecule has 0 saturated carbocycles. The monoisotopic (exact) mass is 350 g/mol. The van der Waals surface area contributed by atoms with E-state index in [9.17, 15) is 0 Å². The second-order valence-electron chi connectivity index (χ2n) is 5.85. The first-order valence-corrected chi connectivity index (χ1v) is 8.33. The average molecular weight is 350 g/mol. The lowest BCUT2D eigenvalue weighted by molar-refractivity contribution is 0.352. The standard InChI is InChI=1S/C20H22N4O2/c1-13-14(2)23-20(16-8-6-10-21-11-16)24-19(13)22-12-15-7-5-9-17(25-3)18(15)26-4/h5-11H,12H2,1-4H3,(H,22,23,24). The second kappa shape index (κ2) is 7.82. The van der Waals surface area contributed by atoms with Crippen molar-refractivity contribution in [2.24, 2.45) is 0 Å². The summed E-state index contributed by atoms with van der Waals surface area (Å²) in [5.41, 5.74) is 3.82. The van der Waals surface area contributed by atoms with E-state index in [0.717, 1.165) is 34.0 Å². The lowest BCUT2D eigenvalue weighted by Crippen LogP contribution is -2.08. The normalized spacial score (nSPS) is 10.5. The van der Waals surface area contributed by atoms with Crippen LogP contribution in [0.4, 0.5) is 5.82 Å². The van der Waals surface area contributed by atoms with Crippen LogP contribution in [0.25, 0.3) is 11.4 Å². The van der Waals surface area contributed by atoms with Gasteiger partial charge in [-0.05, 0) is 32.0 Å². The van der Waals surface area contributed by atoms with Crippen LogP contribution in [0.1, 0.15) is 16.8 Å². The molecule has 134 valence electrons. The number of aromatic nitrogens is 3. The number of hydrogen-bond donors (Lipinski definition) is 1. The summed E-state index contributed by atoms with van der Waals surface area (Å²) in [4.78, 5) is 13.4. The van der Waals surface area contributed by atoms with Crippen LogP contribution in [0.3, 0.4) is 0 Å². The first-order valence-electron chi connectivity index (χ1n) is 8.33. The van der Waals surface area contributed by atoms with E-state index in [-0.39, 0.29) is 0 Å². The fourth-order valence-corrected chi connectivity index (χ4v) is 2.70. The number of nitrogens with one attached hydrogen (secondary N) is 1. The molecule has 3 aromatic rings. The molecule has 0 saturated heterocycles. The molecule has 1 aromatic carbocycles. The van der Waals surface area contributed by atoms with Gasteiger partial charge in [0.25, 0.3) is 0 Å². The third-order valence-corrected chi connectivity index (χ3v) is 4.24. The van der Waals surface area contributed by atoms with Gasteiger partial charge in [0.15, 0.2) is 17.3 Å². The maximum atomic E-state index is 5.50. The zero-order valence-corrected chi connectivity index (χ0v) is 15.4. The second-order valence-corrected chi connectivity index (χ2v) is 5.85. The van der Waals surface area contributed by atoms with Crippen molar-refractivity contribution in [3.05, 3.63) is 59.5 Å². The van der Waals surface area contributed by atoms with E-state index >= 15 is 0 Å². The van der Waals surface area contributed by atoms with E-state index in [2.05, 4.69) is 20.3 Å². The molecule has 0 fully saturated rings. The highest BCUT2D eigenvalue weighted by Gasteiger charge is 2.12. The summed E-state index contributed by atoms with van der Waals surface area (Å²) in [7, 11) is 3.27. The number of benzene rings is 1. The van der Waals surface area contributed by atoms with Crippen molar-refractivity contribution in [2.45, 2.75) is 20.4 Å². The molecule has 26 heavy (non-hydrogen) atoms. The van der Waals surface area contributed by atoms with E-state index in [1.807, 2.05) is 44.2 Å². The Kier molecular flexibility index (Phi) is 5.31. The molecule has 0 atom stereocenters. The van der Waals surface area contributed by atoms with E-state index in [1.165, 1.54) is 0 Å². The van der Waals surface area contributed by atoms with Gasteiger partial charge in [-0.2, -0.15) is 0 Å². The molecule has 0 unspecified atom stereocenters. The topological polar surface area (TPSA) is 69.2 Å². The zero-order valence-electron chi connectivity index (χ0n) is 15.4. The number of ether oxygens (including phenoxy) is 2. The van der Waals surface area contributed by atoms with Crippen molar-refractivity contribution >= 4 is 5.82 Å². The van der Waals surface area contributed by atoms with Crippen molar-refractivity contribution in [2.75, 3.05) is 19.5 Å². The van der Waals surface area contributed by atoms with E-state index < -0.39 is 0 Å². The number of rotatable bonds is 6. The van der Waals surface area contributed by atoms with Gasteiger partial charge in [0, 0.05) is 41.3 Å². The number of pyridine rings is 1. The Labute approximate surface area is 153 Å². The van der Waals surface area contributed by atoms with Gasteiger partial charge in [0.1, 0.15) is 5.82 Å². The highest BCUT2D eigenvalue weighted by atomic mass is 16.5. The van der Waals surface area contributed by atoms with E-state index in [1.54, 1.807) is 26.6 Å². The van der Waals surface area contributed by atoms with Crippen molar-refractivity contribution < 1.29 is 9.47 Å². The molecule has 0 aliphatic carbocycles. The molecule has 3 rings (SSSR count). The largest absolute Gasteiger partial charge is 0.493 e. The Morgan fingerprint density at radius 1 is 1.00 bits per heavy atom. The van der Waals surface area contributed by atoms with Crippen LogP contribution in [0.5, 0.6) is 11.5 Å². The van der Waals surface area contributed by atoms with Crippen LogP contribution in [0.15, 0.2) is 42.7 Å². The smallest absolute Gasteiger partial charge is 0.165 e. The Balaban J connectivity index is 1.90. The maximum Gasteiger partial charge on any atom is 0.165 e. The van der Waals surface area contributed by atoms with Gasteiger partial charge in [-0.15, -0.1) is 0 Å². The summed E-state index contributed by atoms with van der Waals surface area (Å²) in [5, 5.41) is 3.40. The summed E-state index contributed by atoms with van der Waals surface area (Å²) in [6.07, 6.45) is 3.50. The van der Waals surface area contributed by atoms with Crippen molar-refractivity contribution in [1.29, 1.82) is 0 Å². The predicted octanol–water partition coefficient (Wildman–Crippen LogP) is 3.78. The quantitative estimate of drug-likeness (QED) is 0.729. The highest BCUT2D eigenvalue weighted by Crippen LogP contribution is 2.31. The third-order valence-electron chi connectivity index (χ3n) is 4.24. The van der Waals surface area contributed by atoms with Gasteiger partial charge in [0.05, 0.1) is 14.2 Å². The molecule has 0 bridgehead atoms. The molecule has 0 spiro atoms. The molecule has 0 amide bonds. The summed E-state index contributed by atoms with van der Waals surface area (Å²) in [5.74, 6) is 2.87. The van der Waals surface area contributed by atoms with E-state index in [0.29, 0.717) is 18.1 Å².